The number of hydrogen-bond acceptors (Lipinski definition) is 3. The van der Waals surface area contributed by atoms with E-state index in [1.165, 1.54) is 18.4 Å². The second-order valence-corrected chi connectivity index (χ2v) is 6.62. The van der Waals surface area contributed by atoms with E-state index in [-0.39, 0.29) is 17.3 Å². The average Bonchev–Trinajstić information content (AvgIpc) is 3.28. The fraction of sp³-hybridized carbons (Fsp3) is 0.588. The van der Waals surface area contributed by atoms with Crippen molar-refractivity contribution in [3.8, 4) is 0 Å². The molecule has 1 unspecified atom stereocenters. The van der Waals surface area contributed by atoms with Gasteiger partial charge in [0.05, 0.1) is 6.10 Å². The van der Waals surface area contributed by atoms with Crippen molar-refractivity contribution in [2.24, 2.45) is 0 Å². The van der Waals surface area contributed by atoms with Crippen LogP contribution in [0.4, 0.5) is 17.6 Å². The van der Waals surface area contributed by atoms with Crippen LogP contribution in [-0.4, -0.2) is 53.0 Å². The molecule has 0 radical (unpaired) electrons. The lowest BCUT2D eigenvalue weighted by Gasteiger charge is -2.33. The van der Waals surface area contributed by atoms with Gasteiger partial charge in [0.25, 0.3) is 0 Å². The molecule has 1 heterocycles. The first-order valence-corrected chi connectivity index (χ1v) is 8.09. The van der Waals surface area contributed by atoms with Gasteiger partial charge in [-0.25, -0.2) is 9.18 Å². The summed E-state index contributed by atoms with van der Waals surface area (Å²) in [4.78, 5) is 11.3. The first kappa shape index (κ1) is 19.7. The number of aliphatic hydroxyl groups is 1. The third-order valence-electron chi connectivity index (χ3n) is 4.56. The summed E-state index contributed by atoms with van der Waals surface area (Å²) in [5, 5.41) is 16.8. The van der Waals surface area contributed by atoms with Crippen molar-refractivity contribution in [2.45, 2.75) is 43.4 Å². The quantitative estimate of drug-likeness (QED) is 0.811. The zero-order valence-electron chi connectivity index (χ0n) is 13.6. The van der Waals surface area contributed by atoms with Gasteiger partial charge in [-0.1, -0.05) is 12.1 Å². The van der Waals surface area contributed by atoms with Crippen molar-refractivity contribution >= 4 is 5.97 Å². The van der Waals surface area contributed by atoms with Crippen LogP contribution in [0.3, 0.4) is 0 Å². The lowest BCUT2D eigenvalue weighted by Crippen LogP contribution is -2.42. The number of hydrogen-bond donors (Lipinski definition) is 2. The number of alkyl halides is 3. The first-order chi connectivity index (χ1) is 11.6. The van der Waals surface area contributed by atoms with Crippen LogP contribution in [0.25, 0.3) is 0 Å². The maximum atomic E-state index is 13.0. The number of β-amino-alcohol motifs (C(OH)–C–C–N with tert-alkyl or cyclic N) is 1. The molecule has 1 saturated carbocycles. The zero-order chi connectivity index (χ0) is 18.7. The maximum absolute atomic E-state index is 13.0. The summed E-state index contributed by atoms with van der Waals surface area (Å²) in [7, 11) is 0. The highest BCUT2D eigenvalue weighted by Crippen LogP contribution is 2.49. The van der Waals surface area contributed by atoms with E-state index in [4.69, 9.17) is 9.90 Å². The van der Waals surface area contributed by atoms with Gasteiger partial charge in [-0.2, -0.15) is 13.2 Å². The zero-order valence-corrected chi connectivity index (χ0v) is 13.6. The highest BCUT2D eigenvalue weighted by Gasteiger charge is 2.45. The van der Waals surface area contributed by atoms with Crippen LogP contribution in [0.1, 0.15) is 31.2 Å². The molecule has 2 fully saturated rings. The number of likely N-dealkylation sites (tertiary alicyclic amines) is 1. The van der Waals surface area contributed by atoms with Gasteiger partial charge in [0.15, 0.2) is 0 Å². The molecule has 25 heavy (non-hydrogen) atoms. The summed E-state index contributed by atoms with van der Waals surface area (Å²) < 4.78 is 44.7. The smallest absolute Gasteiger partial charge is 0.475 e. The molecule has 4 nitrogen and oxygen atoms in total. The van der Waals surface area contributed by atoms with Crippen LogP contribution in [-0.2, 0) is 10.2 Å². The Balaban J connectivity index is 0.000000277. The van der Waals surface area contributed by atoms with Gasteiger partial charge in [-0.05, 0) is 49.9 Å². The van der Waals surface area contributed by atoms with Gasteiger partial charge in [0.1, 0.15) is 5.82 Å². The van der Waals surface area contributed by atoms with Crippen molar-refractivity contribution < 1.29 is 32.6 Å². The summed E-state index contributed by atoms with van der Waals surface area (Å²) in [6.07, 6.45) is -0.861. The van der Waals surface area contributed by atoms with Crippen molar-refractivity contribution in [3.05, 3.63) is 35.6 Å². The van der Waals surface area contributed by atoms with Gasteiger partial charge in [-0.3, -0.25) is 4.90 Å². The molecule has 140 valence electrons. The van der Waals surface area contributed by atoms with Crippen molar-refractivity contribution in [1.82, 2.24) is 4.90 Å². The van der Waals surface area contributed by atoms with E-state index in [0.29, 0.717) is 0 Å². The predicted octanol–water partition coefficient (Wildman–Crippen LogP) is 2.95. The third kappa shape index (κ3) is 5.67. The summed E-state index contributed by atoms with van der Waals surface area (Å²) in [5.41, 5.74) is 1.48. The molecule has 1 aromatic carbocycles. The Morgan fingerprint density at radius 2 is 1.80 bits per heavy atom. The summed E-state index contributed by atoms with van der Waals surface area (Å²) in [6, 6.07) is 6.95. The second kappa shape index (κ2) is 7.70. The van der Waals surface area contributed by atoms with E-state index in [0.717, 1.165) is 32.5 Å². The Labute approximate surface area is 143 Å². The lowest BCUT2D eigenvalue weighted by atomic mass is 9.94. The normalized spacial score (nSPS) is 22.7. The molecule has 1 aromatic rings. The average molecular weight is 363 g/mol. The molecule has 3 rings (SSSR count). The summed E-state index contributed by atoms with van der Waals surface area (Å²) in [5.74, 6) is -2.92. The van der Waals surface area contributed by atoms with Gasteiger partial charge >= 0.3 is 12.1 Å². The van der Waals surface area contributed by atoms with Crippen molar-refractivity contribution in [2.75, 3.05) is 19.6 Å². The lowest BCUT2D eigenvalue weighted by molar-refractivity contribution is -0.192. The van der Waals surface area contributed by atoms with Crippen LogP contribution in [0.5, 0.6) is 0 Å². The number of aliphatic carboxylic acids is 1. The molecule has 0 bridgehead atoms. The number of aliphatic hydroxyl groups excluding tert-OH is 1. The molecule has 0 aromatic heterocycles. The Kier molecular flexibility index (Phi) is 6.05. The Bertz CT molecular complexity index is 585. The molecule has 0 spiro atoms. The molecule has 8 heteroatoms. The monoisotopic (exact) mass is 363 g/mol. The molecule has 1 atom stereocenters. The number of carboxylic acid groups (broad SMARTS) is 1. The molecular formula is C17H21F4NO3. The SMILES string of the molecule is O=C(O)C(F)(F)F.OC1CCCN(CC2(c3ccc(F)cc3)CC2)C1. The van der Waals surface area contributed by atoms with Gasteiger partial charge in [0.2, 0.25) is 0 Å². The minimum Gasteiger partial charge on any atom is -0.475 e. The number of rotatable bonds is 3. The topological polar surface area (TPSA) is 60.8 Å². The summed E-state index contributed by atoms with van der Waals surface area (Å²) >= 11 is 0. The number of halogens is 4. The Hall–Kier alpha value is -1.67. The van der Waals surface area contributed by atoms with Crippen molar-refractivity contribution in [3.63, 3.8) is 0 Å². The highest BCUT2D eigenvalue weighted by atomic mass is 19.4. The van der Waals surface area contributed by atoms with E-state index in [1.54, 1.807) is 12.1 Å². The molecule has 1 aliphatic heterocycles. The van der Waals surface area contributed by atoms with Crippen LogP contribution in [0.2, 0.25) is 0 Å². The number of carbonyl (C=O) groups is 1. The maximum Gasteiger partial charge on any atom is 0.490 e. The molecule has 0 amide bonds. The van der Waals surface area contributed by atoms with Crippen LogP contribution in [0.15, 0.2) is 24.3 Å². The Morgan fingerprint density at radius 1 is 1.24 bits per heavy atom. The molecule has 1 saturated heterocycles. The predicted molar refractivity (Wildman–Crippen MR) is 82.7 cm³/mol. The molecule has 2 N–H and O–H groups in total. The van der Waals surface area contributed by atoms with E-state index in [2.05, 4.69) is 4.90 Å². The molecule has 1 aliphatic carbocycles. The number of benzene rings is 1. The summed E-state index contributed by atoms with van der Waals surface area (Å²) in [6.45, 7) is 2.89. The minimum absolute atomic E-state index is 0.164. The van der Waals surface area contributed by atoms with Gasteiger partial charge in [-0.15, -0.1) is 0 Å². The van der Waals surface area contributed by atoms with Gasteiger partial charge < -0.3 is 10.2 Å². The van der Waals surface area contributed by atoms with E-state index in [9.17, 15) is 22.7 Å². The second-order valence-electron chi connectivity index (χ2n) is 6.62. The van der Waals surface area contributed by atoms with E-state index in [1.807, 2.05) is 12.1 Å². The standard InChI is InChI=1S/C15H20FNO.C2HF3O2/c16-13-5-3-12(4-6-13)15(7-8-15)11-17-9-1-2-14(18)10-17;3-2(4,5)1(6)7/h3-6,14,18H,1-2,7-11H2;(H,6,7). The number of carboxylic acids is 1. The first-order valence-electron chi connectivity index (χ1n) is 8.09. The Morgan fingerprint density at radius 3 is 2.24 bits per heavy atom. The minimum atomic E-state index is -5.08. The fourth-order valence-corrected chi connectivity index (χ4v) is 3.10. The van der Waals surface area contributed by atoms with E-state index >= 15 is 0 Å². The molecular weight excluding hydrogens is 342 g/mol. The van der Waals surface area contributed by atoms with Crippen LogP contribution in [0, 0.1) is 5.82 Å². The fourth-order valence-electron chi connectivity index (χ4n) is 3.10. The molecule has 2 aliphatic rings. The highest BCUT2D eigenvalue weighted by molar-refractivity contribution is 5.73. The van der Waals surface area contributed by atoms with Gasteiger partial charge in [0, 0.05) is 18.5 Å². The largest absolute Gasteiger partial charge is 0.490 e. The van der Waals surface area contributed by atoms with Crippen molar-refractivity contribution in [1.29, 1.82) is 0 Å². The van der Waals surface area contributed by atoms with Crippen LogP contribution < -0.4 is 0 Å². The number of piperidine rings is 1. The van der Waals surface area contributed by atoms with E-state index < -0.39 is 12.1 Å². The van der Waals surface area contributed by atoms with Crippen LogP contribution >= 0.6 is 0 Å². The number of nitrogens with zero attached hydrogens (tertiary/aromatic N) is 1. The third-order valence-corrected chi connectivity index (χ3v) is 4.56.